The third-order valence-corrected chi connectivity index (χ3v) is 4.99. The maximum Gasteiger partial charge on any atom is 0.341 e. The van der Waals surface area contributed by atoms with E-state index in [0.717, 1.165) is 17.5 Å². The number of hydrogen-bond donors (Lipinski definition) is 2. The smallest absolute Gasteiger partial charge is 0.341 e. The van der Waals surface area contributed by atoms with Crippen molar-refractivity contribution in [3.05, 3.63) is 59.7 Å². The summed E-state index contributed by atoms with van der Waals surface area (Å²) in [6.07, 6.45) is 4.41. The Morgan fingerprint density at radius 1 is 1.03 bits per heavy atom. The molecule has 0 fully saturated rings. The van der Waals surface area contributed by atoms with Gasteiger partial charge in [0.1, 0.15) is 23.0 Å². The highest BCUT2D eigenvalue weighted by Gasteiger charge is 2.18. The summed E-state index contributed by atoms with van der Waals surface area (Å²) in [7, 11) is 3.09. The van der Waals surface area contributed by atoms with Crippen LogP contribution in [0.15, 0.2) is 43.0 Å². The predicted octanol–water partition coefficient (Wildman–Crippen LogP) is 4.05. The van der Waals surface area contributed by atoms with Crippen molar-refractivity contribution in [2.75, 3.05) is 34.0 Å². The molecule has 0 bridgehead atoms. The van der Waals surface area contributed by atoms with E-state index in [9.17, 15) is 9.59 Å². The van der Waals surface area contributed by atoms with Gasteiger partial charge >= 0.3 is 5.97 Å². The molecule has 0 saturated heterocycles. The van der Waals surface area contributed by atoms with E-state index < -0.39 is 12.6 Å². The summed E-state index contributed by atoms with van der Waals surface area (Å²) in [5.74, 6) is 1.03. The Balaban J connectivity index is 2.03. The number of methoxy groups -OCH3 is 1. The topological polar surface area (TPSA) is 103 Å². The molecule has 8 heteroatoms. The Morgan fingerprint density at radius 2 is 1.68 bits per heavy atom. The molecule has 2 rings (SSSR count). The number of carbonyl (C=O) groups excluding carboxylic acids is 1. The van der Waals surface area contributed by atoms with Gasteiger partial charge in [0.15, 0.2) is 6.61 Å². The van der Waals surface area contributed by atoms with Crippen molar-refractivity contribution in [2.45, 2.75) is 32.6 Å². The van der Waals surface area contributed by atoms with Gasteiger partial charge in [-0.05, 0) is 37.1 Å². The minimum Gasteiger partial charge on any atom is -0.495 e. The summed E-state index contributed by atoms with van der Waals surface area (Å²) in [6.45, 7) is 6.23. The van der Waals surface area contributed by atoms with E-state index >= 15 is 0 Å². The van der Waals surface area contributed by atoms with Crippen LogP contribution in [0.3, 0.4) is 0 Å². The Kier molecular flexibility index (Phi) is 10.8. The summed E-state index contributed by atoms with van der Waals surface area (Å²) in [4.78, 5) is 23.0. The number of carboxylic acid groups (broad SMARTS) is 1. The van der Waals surface area contributed by atoms with Crippen LogP contribution < -0.4 is 24.3 Å². The summed E-state index contributed by atoms with van der Waals surface area (Å²) in [5.41, 5.74) is 2.05. The quantitative estimate of drug-likeness (QED) is 0.298. The molecule has 0 unspecified atom stereocenters. The summed E-state index contributed by atoms with van der Waals surface area (Å²) in [6, 6.07) is 8.82. The second-order valence-corrected chi connectivity index (χ2v) is 7.41. The number of nitrogens with one attached hydrogen (secondary N) is 1. The van der Waals surface area contributed by atoms with Crippen LogP contribution in [0.4, 0.5) is 0 Å². The van der Waals surface area contributed by atoms with Gasteiger partial charge in [-0.1, -0.05) is 25.5 Å². The molecule has 2 N–H and O–H groups in total. The number of hydrogen-bond acceptors (Lipinski definition) is 6. The molecule has 2 aromatic carbocycles. The summed E-state index contributed by atoms with van der Waals surface area (Å²) >= 11 is 0. The van der Waals surface area contributed by atoms with Gasteiger partial charge in [0.05, 0.1) is 25.9 Å². The van der Waals surface area contributed by atoms with Crippen LogP contribution in [0.2, 0.25) is 0 Å². The number of amides is 1. The average Bonchev–Trinajstić information content (AvgIpc) is 2.83. The van der Waals surface area contributed by atoms with Crippen molar-refractivity contribution in [1.82, 2.24) is 5.32 Å². The summed E-state index contributed by atoms with van der Waals surface area (Å²) in [5, 5.41) is 11.5. The minimum absolute atomic E-state index is 0.237. The van der Waals surface area contributed by atoms with Crippen LogP contribution in [0.1, 0.15) is 41.3 Å². The Bertz CT molecular complexity index is 987. The first kappa shape index (κ1) is 26.6. The number of ether oxygens (including phenoxy) is 4. The zero-order valence-electron chi connectivity index (χ0n) is 20.0. The van der Waals surface area contributed by atoms with Gasteiger partial charge in [-0.3, -0.25) is 4.79 Å². The third-order valence-electron chi connectivity index (χ3n) is 4.99. The molecule has 8 nitrogen and oxygen atoms in total. The molecule has 2 aromatic rings. The lowest BCUT2D eigenvalue weighted by Crippen LogP contribution is -2.19. The van der Waals surface area contributed by atoms with Crippen LogP contribution in [0.5, 0.6) is 23.0 Å². The first-order chi connectivity index (χ1) is 16.5. The molecular formula is C26H33NO7. The predicted molar refractivity (Wildman–Crippen MR) is 129 cm³/mol. The molecule has 0 aliphatic carbocycles. The fourth-order valence-electron chi connectivity index (χ4n) is 3.50. The molecule has 184 valence electrons. The molecule has 0 saturated carbocycles. The second kappa shape index (κ2) is 13.8. The lowest BCUT2D eigenvalue weighted by atomic mass is 10.0. The molecule has 0 spiro atoms. The van der Waals surface area contributed by atoms with Crippen molar-refractivity contribution in [1.29, 1.82) is 0 Å². The van der Waals surface area contributed by atoms with Gasteiger partial charge in [0.25, 0.3) is 5.91 Å². The Labute approximate surface area is 200 Å². The third kappa shape index (κ3) is 7.16. The maximum atomic E-state index is 12.2. The first-order valence-corrected chi connectivity index (χ1v) is 11.2. The van der Waals surface area contributed by atoms with Crippen molar-refractivity contribution in [3.63, 3.8) is 0 Å². The monoisotopic (exact) mass is 471 g/mol. The maximum absolute atomic E-state index is 12.2. The van der Waals surface area contributed by atoms with E-state index in [1.54, 1.807) is 37.4 Å². The van der Waals surface area contributed by atoms with E-state index in [1.807, 2.05) is 13.0 Å². The van der Waals surface area contributed by atoms with E-state index in [4.69, 9.17) is 24.1 Å². The van der Waals surface area contributed by atoms with Crippen molar-refractivity contribution in [3.8, 4) is 23.0 Å². The highest BCUT2D eigenvalue weighted by Crippen LogP contribution is 2.33. The fourth-order valence-corrected chi connectivity index (χ4v) is 3.50. The molecule has 0 atom stereocenters. The standard InChI is InChI=1S/C26H33NO7/c1-5-9-18-21(11-7-12-22(18)34-17-24(28)29)32-15-8-16-33-23-14-13-20(26(30)27-3)25(31-4)19(23)10-6-2/h6-7,11-14H,2,5,8-10,15-17H2,1,3-4H3,(H,27,30)(H,28,29). The molecule has 1 amide bonds. The highest BCUT2D eigenvalue weighted by atomic mass is 16.5. The average molecular weight is 472 g/mol. The Hall–Kier alpha value is -3.68. The van der Waals surface area contributed by atoms with E-state index in [1.165, 1.54) is 7.11 Å². The molecular weight excluding hydrogens is 438 g/mol. The SMILES string of the molecule is C=CCc1c(OCCCOc2cccc(OCC(=O)O)c2CCC)ccc(C(=O)NC)c1OC. The first-order valence-electron chi connectivity index (χ1n) is 11.2. The van der Waals surface area contributed by atoms with Crippen LogP contribution >= 0.6 is 0 Å². The van der Waals surface area contributed by atoms with Crippen LogP contribution in [-0.4, -0.2) is 51.0 Å². The molecule has 0 aliphatic rings. The van der Waals surface area contributed by atoms with Crippen LogP contribution in [0, 0.1) is 0 Å². The largest absolute Gasteiger partial charge is 0.495 e. The molecule has 0 radical (unpaired) electrons. The van der Waals surface area contributed by atoms with E-state index in [0.29, 0.717) is 61.0 Å². The number of allylic oxidation sites excluding steroid dienone is 1. The van der Waals surface area contributed by atoms with E-state index in [2.05, 4.69) is 11.9 Å². The van der Waals surface area contributed by atoms with Gasteiger partial charge in [-0.25, -0.2) is 4.79 Å². The lowest BCUT2D eigenvalue weighted by Gasteiger charge is -2.17. The number of benzene rings is 2. The van der Waals surface area contributed by atoms with Gasteiger partial charge in [0.2, 0.25) is 0 Å². The number of rotatable bonds is 15. The zero-order valence-corrected chi connectivity index (χ0v) is 20.0. The molecule has 34 heavy (non-hydrogen) atoms. The van der Waals surface area contributed by atoms with Gasteiger partial charge < -0.3 is 29.4 Å². The summed E-state index contributed by atoms with van der Waals surface area (Å²) < 4.78 is 22.9. The second-order valence-electron chi connectivity index (χ2n) is 7.41. The minimum atomic E-state index is -1.03. The van der Waals surface area contributed by atoms with Crippen molar-refractivity contribution in [2.24, 2.45) is 0 Å². The number of aliphatic carboxylic acids is 1. The highest BCUT2D eigenvalue weighted by molar-refractivity contribution is 5.97. The normalized spacial score (nSPS) is 10.3. The van der Waals surface area contributed by atoms with E-state index in [-0.39, 0.29) is 5.91 Å². The Morgan fingerprint density at radius 3 is 2.24 bits per heavy atom. The molecule has 0 aliphatic heterocycles. The van der Waals surface area contributed by atoms with Crippen LogP contribution in [0.25, 0.3) is 0 Å². The molecule has 0 heterocycles. The number of carboxylic acids is 1. The number of carbonyl (C=O) groups is 2. The van der Waals surface area contributed by atoms with Gasteiger partial charge in [0, 0.05) is 24.6 Å². The fraction of sp³-hybridized carbons (Fsp3) is 0.385. The lowest BCUT2D eigenvalue weighted by molar-refractivity contribution is -0.139. The molecule has 0 aromatic heterocycles. The zero-order chi connectivity index (χ0) is 24.9. The van der Waals surface area contributed by atoms with Crippen molar-refractivity contribution < 1.29 is 33.6 Å². The van der Waals surface area contributed by atoms with Crippen LogP contribution in [-0.2, 0) is 17.6 Å². The van der Waals surface area contributed by atoms with Gasteiger partial charge in [-0.15, -0.1) is 6.58 Å². The van der Waals surface area contributed by atoms with Gasteiger partial charge in [-0.2, -0.15) is 0 Å². The van der Waals surface area contributed by atoms with Crippen molar-refractivity contribution >= 4 is 11.9 Å².